The summed E-state index contributed by atoms with van der Waals surface area (Å²) in [6.45, 7) is 4.36. The molecule has 1 saturated heterocycles. The van der Waals surface area contributed by atoms with Crippen molar-refractivity contribution in [3.05, 3.63) is 35.9 Å². The molecule has 0 aliphatic carbocycles. The van der Waals surface area contributed by atoms with Crippen LogP contribution in [0.15, 0.2) is 30.3 Å². The van der Waals surface area contributed by atoms with Gasteiger partial charge < -0.3 is 15.2 Å². The Bertz CT molecular complexity index is 393. The van der Waals surface area contributed by atoms with Gasteiger partial charge in [-0.15, -0.1) is 0 Å². The molecule has 1 fully saturated rings. The van der Waals surface area contributed by atoms with Gasteiger partial charge in [-0.05, 0) is 37.9 Å². The lowest BCUT2D eigenvalue weighted by atomic mass is 9.94. The van der Waals surface area contributed by atoms with Gasteiger partial charge in [-0.2, -0.15) is 0 Å². The quantitative estimate of drug-likeness (QED) is 0.712. The molecule has 0 radical (unpaired) electrons. The van der Waals surface area contributed by atoms with E-state index in [9.17, 15) is 0 Å². The number of nitrogens with two attached hydrogens (primary N) is 1. The fourth-order valence-corrected chi connectivity index (χ4v) is 3.19. The SMILES string of the molecule is COCCOCCC(C(N)c1ccccc1)N1CCCCC1. The number of hydrogen-bond donors (Lipinski definition) is 1. The van der Waals surface area contributed by atoms with Crippen LogP contribution in [-0.4, -0.2) is 51.0 Å². The van der Waals surface area contributed by atoms with Crippen molar-refractivity contribution in [2.75, 3.05) is 40.0 Å². The Hall–Kier alpha value is -0.940. The molecule has 0 spiro atoms. The fraction of sp³-hybridized carbons (Fsp3) is 0.667. The minimum Gasteiger partial charge on any atom is -0.382 e. The molecular weight excluding hydrogens is 276 g/mol. The molecule has 1 aromatic carbocycles. The van der Waals surface area contributed by atoms with Gasteiger partial charge in [0.2, 0.25) is 0 Å². The molecule has 2 unspecified atom stereocenters. The Kier molecular flexibility index (Phi) is 7.88. The largest absolute Gasteiger partial charge is 0.382 e. The van der Waals surface area contributed by atoms with Gasteiger partial charge >= 0.3 is 0 Å². The highest BCUT2D eigenvalue weighted by Crippen LogP contribution is 2.24. The maximum atomic E-state index is 6.59. The summed E-state index contributed by atoms with van der Waals surface area (Å²) in [7, 11) is 1.70. The van der Waals surface area contributed by atoms with Crippen LogP contribution in [0.4, 0.5) is 0 Å². The van der Waals surface area contributed by atoms with E-state index < -0.39 is 0 Å². The Morgan fingerprint density at radius 2 is 1.77 bits per heavy atom. The topological polar surface area (TPSA) is 47.7 Å². The predicted octanol–water partition coefficient (Wildman–Crippen LogP) is 2.59. The zero-order chi connectivity index (χ0) is 15.6. The summed E-state index contributed by atoms with van der Waals surface area (Å²) in [5.41, 5.74) is 7.81. The molecule has 1 aromatic rings. The van der Waals surface area contributed by atoms with E-state index in [1.54, 1.807) is 7.11 Å². The monoisotopic (exact) mass is 306 g/mol. The first-order valence-corrected chi connectivity index (χ1v) is 8.44. The van der Waals surface area contributed by atoms with Gasteiger partial charge in [-0.1, -0.05) is 36.8 Å². The molecule has 0 aromatic heterocycles. The summed E-state index contributed by atoms with van der Waals surface area (Å²) >= 11 is 0. The first-order chi connectivity index (χ1) is 10.8. The predicted molar refractivity (Wildman–Crippen MR) is 89.9 cm³/mol. The number of rotatable bonds is 9. The molecular formula is C18H30N2O2. The molecule has 2 atom stereocenters. The first-order valence-electron chi connectivity index (χ1n) is 8.44. The van der Waals surface area contributed by atoms with Crippen LogP contribution in [0.1, 0.15) is 37.3 Å². The standard InChI is InChI=1S/C18H30N2O2/c1-21-14-15-22-13-10-17(20-11-6-3-7-12-20)18(19)16-8-4-2-5-9-16/h2,4-5,8-9,17-18H,3,6-7,10-15,19H2,1H3. The molecule has 1 aliphatic rings. The lowest BCUT2D eigenvalue weighted by Gasteiger charge is -2.38. The molecule has 22 heavy (non-hydrogen) atoms. The molecule has 1 heterocycles. The van der Waals surface area contributed by atoms with Crippen LogP contribution in [0.3, 0.4) is 0 Å². The van der Waals surface area contributed by atoms with Crippen molar-refractivity contribution in [3.63, 3.8) is 0 Å². The lowest BCUT2D eigenvalue weighted by Crippen LogP contribution is -2.46. The van der Waals surface area contributed by atoms with Crippen molar-refractivity contribution in [2.24, 2.45) is 5.73 Å². The Balaban J connectivity index is 1.94. The second-order valence-electron chi connectivity index (χ2n) is 5.99. The molecule has 4 heteroatoms. The molecule has 2 N–H and O–H groups in total. The average Bonchev–Trinajstić information content (AvgIpc) is 2.59. The number of piperidine rings is 1. The Morgan fingerprint density at radius 1 is 1.05 bits per heavy atom. The van der Waals surface area contributed by atoms with Crippen molar-refractivity contribution in [2.45, 2.75) is 37.8 Å². The summed E-state index contributed by atoms with van der Waals surface area (Å²) in [5.74, 6) is 0. The summed E-state index contributed by atoms with van der Waals surface area (Å²) in [6.07, 6.45) is 4.87. The zero-order valence-corrected chi connectivity index (χ0v) is 13.7. The van der Waals surface area contributed by atoms with Gasteiger partial charge in [0, 0.05) is 25.8 Å². The van der Waals surface area contributed by atoms with Crippen LogP contribution >= 0.6 is 0 Å². The highest BCUT2D eigenvalue weighted by atomic mass is 16.5. The van der Waals surface area contributed by atoms with E-state index in [1.807, 2.05) is 6.07 Å². The van der Waals surface area contributed by atoms with E-state index in [2.05, 4.69) is 29.2 Å². The van der Waals surface area contributed by atoms with Crippen molar-refractivity contribution >= 4 is 0 Å². The normalized spacial score (nSPS) is 19.0. The number of methoxy groups -OCH3 is 1. The molecule has 0 bridgehead atoms. The lowest BCUT2D eigenvalue weighted by molar-refractivity contribution is 0.0478. The van der Waals surface area contributed by atoms with Crippen LogP contribution in [0.2, 0.25) is 0 Å². The highest BCUT2D eigenvalue weighted by Gasteiger charge is 2.26. The van der Waals surface area contributed by atoms with Crippen LogP contribution in [0.5, 0.6) is 0 Å². The number of ether oxygens (including phenoxy) is 2. The maximum Gasteiger partial charge on any atom is 0.0700 e. The van der Waals surface area contributed by atoms with Crippen LogP contribution in [0, 0.1) is 0 Å². The second-order valence-corrected chi connectivity index (χ2v) is 5.99. The summed E-state index contributed by atoms with van der Waals surface area (Å²) in [6, 6.07) is 10.8. The third-order valence-corrected chi connectivity index (χ3v) is 4.45. The van der Waals surface area contributed by atoms with Gasteiger partial charge in [0.25, 0.3) is 0 Å². The fourth-order valence-electron chi connectivity index (χ4n) is 3.19. The van der Waals surface area contributed by atoms with Gasteiger partial charge in [0.15, 0.2) is 0 Å². The number of benzene rings is 1. The van der Waals surface area contributed by atoms with Gasteiger partial charge in [0.1, 0.15) is 0 Å². The van der Waals surface area contributed by atoms with Gasteiger partial charge in [0.05, 0.1) is 13.2 Å². The van der Waals surface area contributed by atoms with Crippen molar-refractivity contribution in [1.29, 1.82) is 0 Å². The van der Waals surface area contributed by atoms with Crippen molar-refractivity contribution in [1.82, 2.24) is 4.90 Å². The highest BCUT2D eigenvalue weighted by molar-refractivity contribution is 5.20. The Morgan fingerprint density at radius 3 is 2.45 bits per heavy atom. The van der Waals surface area contributed by atoms with Gasteiger partial charge in [-0.3, -0.25) is 4.90 Å². The van der Waals surface area contributed by atoms with E-state index in [0.29, 0.717) is 19.3 Å². The number of likely N-dealkylation sites (tertiary alicyclic amines) is 1. The summed E-state index contributed by atoms with van der Waals surface area (Å²) < 4.78 is 10.7. The average molecular weight is 306 g/mol. The summed E-state index contributed by atoms with van der Waals surface area (Å²) in [5, 5.41) is 0. The number of hydrogen-bond acceptors (Lipinski definition) is 4. The molecule has 4 nitrogen and oxygen atoms in total. The molecule has 1 aliphatic heterocycles. The second kappa shape index (κ2) is 9.95. The third kappa shape index (κ3) is 5.36. The van der Waals surface area contributed by atoms with Gasteiger partial charge in [-0.25, -0.2) is 0 Å². The van der Waals surface area contributed by atoms with Crippen LogP contribution in [-0.2, 0) is 9.47 Å². The minimum absolute atomic E-state index is 0.0466. The number of nitrogens with zero attached hydrogens (tertiary/aromatic N) is 1. The Labute approximate surface area is 134 Å². The molecule has 2 rings (SSSR count). The third-order valence-electron chi connectivity index (χ3n) is 4.45. The molecule has 124 valence electrons. The van der Waals surface area contributed by atoms with Crippen LogP contribution in [0.25, 0.3) is 0 Å². The van der Waals surface area contributed by atoms with E-state index in [4.69, 9.17) is 15.2 Å². The molecule has 0 saturated carbocycles. The summed E-state index contributed by atoms with van der Waals surface area (Å²) in [4.78, 5) is 2.56. The van der Waals surface area contributed by atoms with Crippen molar-refractivity contribution < 1.29 is 9.47 Å². The van der Waals surface area contributed by atoms with E-state index in [0.717, 1.165) is 26.1 Å². The van der Waals surface area contributed by atoms with Crippen molar-refractivity contribution in [3.8, 4) is 0 Å². The zero-order valence-electron chi connectivity index (χ0n) is 13.7. The minimum atomic E-state index is 0.0466. The van der Waals surface area contributed by atoms with E-state index in [1.165, 1.54) is 24.8 Å². The van der Waals surface area contributed by atoms with Crippen LogP contribution < -0.4 is 5.73 Å². The van der Waals surface area contributed by atoms with E-state index >= 15 is 0 Å². The molecule has 0 amide bonds. The smallest absolute Gasteiger partial charge is 0.0700 e. The maximum absolute atomic E-state index is 6.59. The first kappa shape index (κ1) is 17.4. The van der Waals surface area contributed by atoms with E-state index in [-0.39, 0.29) is 6.04 Å².